The molecule has 0 saturated carbocycles. The second kappa shape index (κ2) is 9.53. The van der Waals surface area contributed by atoms with E-state index in [1.807, 2.05) is 11.8 Å². The number of rotatable bonds is 6. The SMILES string of the molecule is C#Cc1ccc([N+]2(C(N)=O)C[C@H](OCC)C[C@]2(C(N)=O)c2ccc(C(=O)N3CCCC3)cc2)cc1. The highest BCUT2D eigenvalue weighted by Gasteiger charge is 2.68. The first kappa shape index (κ1) is 24.5. The van der Waals surface area contributed by atoms with E-state index < -0.39 is 28.1 Å². The van der Waals surface area contributed by atoms with Crippen molar-refractivity contribution in [3.8, 4) is 12.3 Å². The number of carbonyl (C=O) groups excluding carboxylic acids is 3. The Morgan fingerprint density at radius 2 is 1.71 bits per heavy atom. The fraction of sp³-hybridized carbons (Fsp3) is 0.370. The largest absolute Gasteiger partial charge is 0.420 e. The number of nitrogens with two attached hydrogens (primary N) is 2. The van der Waals surface area contributed by atoms with Crippen LogP contribution in [-0.4, -0.2) is 55.1 Å². The zero-order valence-corrected chi connectivity index (χ0v) is 19.9. The van der Waals surface area contributed by atoms with Gasteiger partial charge in [-0.2, -0.15) is 4.48 Å². The van der Waals surface area contributed by atoms with E-state index in [9.17, 15) is 14.4 Å². The number of quaternary nitrogens is 1. The van der Waals surface area contributed by atoms with Crippen molar-refractivity contribution < 1.29 is 19.1 Å². The Morgan fingerprint density at radius 3 is 2.23 bits per heavy atom. The van der Waals surface area contributed by atoms with Crippen molar-refractivity contribution in [2.45, 2.75) is 37.8 Å². The first-order chi connectivity index (χ1) is 16.8. The highest BCUT2D eigenvalue weighted by atomic mass is 16.5. The van der Waals surface area contributed by atoms with Gasteiger partial charge in [-0.05, 0) is 44.0 Å². The zero-order valence-electron chi connectivity index (χ0n) is 19.9. The van der Waals surface area contributed by atoms with E-state index in [0.29, 0.717) is 29.0 Å². The number of benzene rings is 2. The number of carbonyl (C=O) groups is 3. The number of amides is 4. The van der Waals surface area contributed by atoms with Crippen LogP contribution in [0.3, 0.4) is 0 Å². The smallest absolute Gasteiger partial charge is 0.372 e. The van der Waals surface area contributed by atoms with Gasteiger partial charge in [-0.15, -0.1) is 6.42 Å². The Bertz CT molecular complexity index is 1170. The number of ether oxygens (including phenoxy) is 1. The maximum Gasteiger partial charge on any atom is 0.420 e. The molecule has 0 spiro atoms. The second-order valence-electron chi connectivity index (χ2n) is 9.10. The molecule has 1 unspecified atom stereocenters. The molecule has 2 aromatic rings. The molecule has 0 bridgehead atoms. The lowest BCUT2D eigenvalue weighted by Crippen LogP contribution is -2.70. The number of primary amides is 2. The van der Waals surface area contributed by atoms with Crippen LogP contribution in [0.2, 0.25) is 0 Å². The van der Waals surface area contributed by atoms with Crippen LogP contribution in [0.1, 0.15) is 47.7 Å². The maximum atomic E-state index is 13.4. The number of nitrogens with zero attached hydrogens (tertiary/aromatic N) is 2. The van der Waals surface area contributed by atoms with E-state index in [4.69, 9.17) is 22.6 Å². The topological polar surface area (TPSA) is 116 Å². The molecule has 2 saturated heterocycles. The lowest BCUT2D eigenvalue weighted by atomic mass is 9.83. The molecule has 2 aliphatic heterocycles. The number of likely N-dealkylation sites (tertiary alicyclic amines) is 2. The molecule has 0 aromatic heterocycles. The standard InChI is InChI=1S/C27H30N4O4/c1-3-19-7-13-22(14-8-19)31(26(29)34)18-23(35-4-2)17-27(31,25(28)33)21-11-9-20(10-12-21)24(32)30-15-5-6-16-30/h1,7-14,23H,4-6,15-18H2,2H3,(H3-,28,29,33,34)/p+1/t23-,27-,31?/m1/s1. The lowest BCUT2D eigenvalue weighted by molar-refractivity contribution is -0.127. The number of hydrogen-bond donors (Lipinski definition) is 2. The fourth-order valence-electron chi connectivity index (χ4n) is 5.66. The lowest BCUT2D eigenvalue weighted by Gasteiger charge is -2.42. The first-order valence-electron chi connectivity index (χ1n) is 11.9. The average Bonchev–Trinajstić information content (AvgIpc) is 3.52. The van der Waals surface area contributed by atoms with Crippen molar-refractivity contribution in [2.24, 2.45) is 11.5 Å². The average molecular weight is 476 g/mol. The molecule has 2 aromatic carbocycles. The van der Waals surface area contributed by atoms with Gasteiger partial charge in [-0.3, -0.25) is 9.59 Å². The number of terminal acetylenes is 1. The Balaban J connectivity index is 1.87. The third-order valence-electron chi connectivity index (χ3n) is 7.32. The van der Waals surface area contributed by atoms with Crippen LogP contribution in [0.4, 0.5) is 10.5 Å². The molecule has 8 heteroatoms. The van der Waals surface area contributed by atoms with E-state index >= 15 is 0 Å². The molecule has 4 N–H and O–H groups in total. The predicted octanol–water partition coefficient (Wildman–Crippen LogP) is 2.48. The molecular weight excluding hydrogens is 444 g/mol. The van der Waals surface area contributed by atoms with Crippen molar-refractivity contribution in [3.05, 3.63) is 65.2 Å². The van der Waals surface area contributed by atoms with Crippen LogP contribution in [0.15, 0.2) is 48.5 Å². The minimum atomic E-state index is -1.53. The molecule has 2 fully saturated rings. The molecule has 35 heavy (non-hydrogen) atoms. The quantitative estimate of drug-likeness (QED) is 0.493. The van der Waals surface area contributed by atoms with Crippen molar-refractivity contribution in [1.82, 2.24) is 9.38 Å². The maximum absolute atomic E-state index is 13.4. The summed E-state index contributed by atoms with van der Waals surface area (Å²) in [7, 11) is 0. The van der Waals surface area contributed by atoms with Crippen LogP contribution in [0.5, 0.6) is 0 Å². The molecule has 8 nitrogen and oxygen atoms in total. The van der Waals surface area contributed by atoms with E-state index in [-0.39, 0.29) is 18.9 Å². The number of urea groups is 1. The molecule has 0 radical (unpaired) electrons. The Morgan fingerprint density at radius 1 is 1.09 bits per heavy atom. The van der Waals surface area contributed by atoms with Gasteiger partial charge in [0.15, 0.2) is 0 Å². The van der Waals surface area contributed by atoms with Gasteiger partial charge in [-0.1, -0.05) is 18.1 Å². The summed E-state index contributed by atoms with van der Waals surface area (Å²) in [5, 5.41) is 0. The van der Waals surface area contributed by atoms with Crippen molar-refractivity contribution >= 4 is 23.5 Å². The van der Waals surface area contributed by atoms with Gasteiger partial charge in [0.2, 0.25) is 5.54 Å². The van der Waals surface area contributed by atoms with Gasteiger partial charge < -0.3 is 21.1 Å². The highest BCUT2D eigenvalue weighted by molar-refractivity contribution is 6.00. The van der Waals surface area contributed by atoms with Gasteiger partial charge in [0.1, 0.15) is 18.3 Å². The third kappa shape index (κ3) is 3.87. The summed E-state index contributed by atoms with van der Waals surface area (Å²) in [6.07, 6.45) is 7.21. The minimum absolute atomic E-state index is 0.0543. The first-order valence-corrected chi connectivity index (χ1v) is 11.9. The van der Waals surface area contributed by atoms with Crippen LogP contribution < -0.4 is 16.0 Å². The van der Waals surface area contributed by atoms with Gasteiger partial charge in [0.05, 0.1) is 0 Å². The Hall–Kier alpha value is -3.67. The summed E-state index contributed by atoms with van der Waals surface area (Å²) in [6, 6.07) is 12.9. The third-order valence-corrected chi connectivity index (χ3v) is 7.32. The summed E-state index contributed by atoms with van der Waals surface area (Å²) in [5.41, 5.74) is 12.8. The summed E-state index contributed by atoms with van der Waals surface area (Å²) in [4.78, 5) is 41.3. The van der Waals surface area contributed by atoms with Crippen molar-refractivity contribution in [2.75, 3.05) is 26.2 Å². The normalized spacial score (nSPS) is 25.8. The van der Waals surface area contributed by atoms with Crippen LogP contribution in [0.25, 0.3) is 0 Å². The Kier molecular flexibility index (Phi) is 6.66. The monoisotopic (exact) mass is 475 g/mol. The van der Waals surface area contributed by atoms with Crippen molar-refractivity contribution in [3.63, 3.8) is 0 Å². The Labute approximate surface area is 205 Å². The summed E-state index contributed by atoms with van der Waals surface area (Å²) >= 11 is 0. The van der Waals surface area contributed by atoms with E-state index in [0.717, 1.165) is 25.9 Å². The van der Waals surface area contributed by atoms with E-state index in [1.54, 1.807) is 48.5 Å². The van der Waals surface area contributed by atoms with Crippen LogP contribution in [-0.2, 0) is 15.1 Å². The van der Waals surface area contributed by atoms with Crippen LogP contribution in [0, 0.1) is 12.3 Å². The molecular formula is C27H31N4O4+. The summed E-state index contributed by atoms with van der Waals surface area (Å²) in [6.45, 7) is 3.85. The predicted molar refractivity (Wildman–Crippen MR) is 133 cm³/mol. The van der Waals surface area contributed by atoms with E-state index in [2.05, 4.69) is 5.92 Å². The van der Waals surface area contributed by atoms with Gasteiger partial charge in [0, 0.05) is 54.9 Å². The molecule has 4 rings (SSSR count). The van der Waals surface area contributed by atoms with E-state index in [1.165, 1.54) is 0 Å². The fourth-order valence-corrected chi connectivity index (χ4v) is 5.66. The van der Waals surface area contributed by atoms with Gasteiger partial charge >= 0.3 is 6.03 Å². The molecule has 2 aliphatic rings. The summed E-state index contributed by atoms with van der Waals surface area (Å²) in [5.74, 6) is 1.80. The molecule has 3 atom stereocenters. The molecule has 2 heterocycles. The molecule has 0 aliphatic carbocycles. The zero-order chi connectivity index (χ0) is 25.2. The van der Waals surface area contributed by atoms with Gasteiger partial charge in [-0.25, -0.2) is 4.79 Å². The van der Waals surface area contributed by atoms with Crippen LogP contribution >= 0.6 is 0 Å². The molecule has 4 amide bonds. The second-order valence-corrected chi connectivity index (χ2v) is 9.10. The van der Waals surface area contributed by atoms with Crippen molar-refractivity contribution in [1.29, 1.82) is 0 Å². The summed E-state index contributed by atoms with van der Waals surface area (Å²) < 4.78 is 5.38. The number of hydrogen-bond acceptors (Lipinski definition) is 4. The minimum Gasteiger partial charge on any atom is -0.372 e. The van der Waals surface area contributed by atoms with Gasteiger partial charge in [0.25, 0.3) is 11.8 Å². The molecule has 182 valence electrons. The highest BCUT2D eigenvalue weighted by Crippen LogP contribution is 2.49.